The van der Waals surface area contributed by atoms with Crippen LogP contribution in [0.25, 0.3) is 0 Å². The standard InChI is InChI=1S/C8H5Br2NO/c1-12-8-5(4-11)2-6(9)3-7(8)10/h2-3H,1H3. The molecule has 62 valence electrons. The van der Waals surface area contributed by atoms with E-state index < -0.39 is 0 Å². The molecule has 0 fully saturated rings. The number of nitrogens with zero attached hydrogens (tertiary/aromatic N) is 1. The minimum Gasteiger partial charge on any atom is -0.494 e. The monoisotopic (exact) mass is 289 g/mol. The van der Waals surface area contributed by atoms with Crippen molar-refractivity contribution in [3.05, 3.63) is 26.6 Å². The normalized spacial score (nSPS) is 9.17. The maximum Gasteiger partial charge on any atom is 0.150 e. The van der Waals surface area contributed by atoms with E-state index in [1.807, 2.05) is 12.1 Å². The van der Waals surface area contributed by atoms with Gasteiger partial charge in [0, 0.05) is 4.47 Å². The molecule has 0 saturated carbocycles. The molecule has 0 spiro atoms. The summed E-state index contributed by atoms with van der Waals surface area (Å²) in [6.45, 7) is 0. The molecule has 0 saturated heterocycles. The number of halogens is 2. The zero-order valence-corrected chi connectivity index (χ0v) is 9.44. The van der Waals surface area contributed by atoms with Gasteiger partial charge in [-0.15, -0.1) is 0 Å². The van der Waals surface area contributed by atoms with Crippen LogP contribution >= 0.6 is 31.9 Å². The highest BCUT2D eigenvalue weighted by molar-refractivity contribution is 9.11. The van der Waals surface area contributed by atoms with Crippen molar-refractivity contribution in [2.45, 2.75) is 0 Å². The molecular weight excluding hydrogens is 286 g/mol. The molecule has 12 heavy (non-hydrogen) atoms. The van der Waals surface area contributed by atoms with E-state index in [0.717, 1.165) is 8.95 Å². The average Bonchev–Trinajstić information content (AvgIpc) is 2.03. The second kappa shape index (κ2) is 3.92. The molecule has 0 unspecified atom stereocenters. The van der Waals surface area contributed by atoms with Crippen molar-refractivity contribution in [1.82, 2.24) is 0 Å². The first-order valence-corrected chi connectivity index (χ1v) is 4.70. The van der Waals surface area contributed by atoms with Crippen molar-refractivity contribution < 1.29 is 4.74 Å². The Labute approximate surface area is 87.4 Å². The zero-order chi connectivity index (χ0) is 9.14. The topological polar surface area (TPSA) is 33.0 Å². The first kappa shape index (κ1) is 9.56. The highest BCUT2D eigenvalue weighted by Crippen LogP contribution is 2.31. The van der Waals surface area contributed by atoms with E-state index in [-0.39, 0.29) is 0 Å². The highest BCUT2D eigenvalue weighted by Gasteiger charge is 2.07. The van der Waals surface area contributed by atoms with E-state index in [1.54, 1.807) is 6.07 Å². The van der Waals surface area contributed by atoms with Crippen LogP contribution in [-0.2, 0) is 0 Å². The quantitative estimate of drug-likeness (QED) is 0.796. The number of benzene rings is 1. The van der Waals surface area contributed by atoms with Gasteiger partial charge in [0.05, 0.1) is 17.1 Å². The van der Waals surface area contributed by atoms with Gasteiger partial charge in [-0.25, -0.2) is 0 Å². The van der Waals surface area contributed by atoms with Crippen LogP contribution in [0.2, 0.25) is 0 Å². The predicted octanol–water partition coefficient (Wildman–Crippen LogP) is 3.09. The fourth-order valence-electron chi connectivity index (χ4n) is 0.851. The summed E-state index contributed by atoms with van der Waals surface area (Å²) < 4.78 is 6.66. The lowest BCUT2D eigenvalue weighted by Gasteiger charge is -2.04. The molecule has 0 aromatic heterocycles. The number of methoxy groups -OCH3 is 1. The summed E-state index contributed by atoms with van der Waals surface area (Å²) in [6.07, 6.45) is 0. The minimum absolute atomic E-state index is 0.513. The summed E-state index contributed by atoms with van der Waals surface area (Å²) in [7, 11) is 1.54. The number of ether oxygens (including phenoxy) is 1. The Balaban J connectivity index is 3.36. The van der Waals surface area contributed by atoms with E-state index in [1.165, 1.54) is 7.11 Å². The van der Waals surface area contributed by atoms with E-state index in [2.05, 4.69) is 31.9 Å². The van der Waals surface area contributed by atoms with Gasteiger partial charge < -0.3 is 4.74 Å². The number of nitriles is 1. The SMILES string of the molecule is COc1c(Br)cc(Br)cc1C#N. The Bertz CT molecular complexity index is 344. The van der Waals surface area contributed by atoms with Gasteiger partial charge in [0.25, 0.3) is 0 Å². The number of hydrogen-bond acceptors (Lipinski definition) is 2. The second-order valence-electron chi connectivity index (χ2n) is 2.08. The summed E-state index contributed by atoms with van der Waals surface area (Å²) in [4.78, 5) is 0. The molecule has 0 heterocycles. The van der Waals surface area contributed by atoms with Crippen LogP contribution in [0.4, 0.5) is 0 Å². The molecule has 1 aromatic carbocycles. The van der Waals surface area contributed by atoms with Crippen LogP contribution < -0.4 is 4.74 Å². The van der Waals surface area contributed by atoms with E-state index in [0.29, 0.717) is 11.3 Å². The van der Waals surface area contributed by atoms with Crippen LogP contribution in [0.15, 0.2) is 21.1 Å². The van der Waals surface area contributed by atoms with Gasteiger partial charge in [0.2, 0.25) is 0 Å². The molecule has 0 atom stereocenters. The Hall–Kier alpha value is -0.530. The average molecular weight is 291 g/mol. The highest BCUT2D eigenvalue weighted by atomic mass is 79.9. The molecular formula is C8H5Br2NO. The molecule has 4 heteroatoms. The first-order chi connectivity index (χ1) is 5.69. The first-order valence-electron chi connectivity index (χ1n) is 3.12. The van der Waals surface area contributed by atoms with Gasteiger partial charge in [0.15, 0.2) is 5.75 Å². The lowest BCUT2D eigenvalue weighted by Crippen LogP contribution is -1.89. The number of hydrogen-bond donors (Lipinski definition) is 0. The van der Waals surface area contributed by atoms with Gasteiger partial charge >= 0.3 is 0 Å². The van der Waals surface area contributed by atoms with Crippen molar-refractivity contribution in [2.24, 2.45) is 0 Å². The third kappa shape index (κ3) is 1.79. The summed E-state index contributed by atoms with van der Waals surface area (Å²) in [5, 5.41) is 8.73. The smallest absolute Gasteiger partial charge is 0.150 e. The summed E-state index contributed by atoms with van der Waals surface area (Å²) in [6, 6.07) is 5.59. The minimum atomic E-state index is 0.513. The lowest BCUT2D eigenvalue weighted by molar-refractivity contribution is 0.410. The molecule has 0 aliphatic rings. The Kier molecular flexibility index (Phi) is 3.12. The molecule has 0 amide bonds. The molecule has 2 nitrogen and oxygen atoms in total. The van der Waals surface area contributed by atoms with Crippen molar-refractivity contribution in [3.8, 4) is 11.8 Å². The van der Waals surface area contributed by atoms with E-state index in [9.17, 15) is 0 Å². The maximum atomic E-state index is 8.73. The molecule has 1 aromatic rings. The fourth-order valence-corrected chi connectivity index (χ4v) is 2.24. The fraction of sp³-hybridized carbons (Fsp3) is 0.125. The molecule has 0 aliphatic heterocycles. The van der Waals surface area contributed by atoms with Crippen LogP contribution in [0.1, 0.15) is 5.56 Å². The molecule has 0 N–H and O–H groups in total. The van der Waals surface area contributed by atoms with Gasteiger partial charge in [-0.2, -0.15) is 5.26 Å². The van der Waals surface area contributed by atoms with Crippen LogP contribution in [0.5, 0.6) is 5.75 Å². The third-order valence-corrected chi connectivity index (χ3v) is 2.38. The van der Waals surface area contributed by atoms with Gasteiger partial charge in [-0.1, -0.05) is 15.9 Å². The third-order valence-electron chi connectivity index (χ3n) is 1.33. The zero-order valence-electron chi connectivity index (χ0n) is 6.27. The molecule has 1 rings (SSSR count). The van der Waals surface area contributed by atoms with Crippen LogP contribution in [0, 0.1) is 11.3 Å². The van der Waals surface area contributed by atoms with E-state index in [4.69, 9.17) is 10.00 Å². The van der Waals surface area contributed by atoms with Crippen molar-refractivity contribution in [1.29, 1.82) is 5.26 Å². The van der Waals surface area contributed by atoms with Gasteiger partial charge in [-0.05, 0) is 28.1 Å². The molecule has 0 bridgehead atoms. The van der Waals surface area contributed by atoms with Crippen LogP contribution in [-0.4, -0.2) is 7.11 Å². The van der Waals surface area contributed by atoms with Gasteiger partial charge in [0.1, 0.15) is 6.07 Å². The van der Waals surface area contributed by atoms with Gasteiger partial charge in [-0.3, -0.25) is 0 Å². The van der Waals surface area contributed by atoms with Crippen molar-refractivity contribution >= 4 is 31.9 Å². The molecule has 0 aliphatic carbocycles. The van der Waals surface area contributed by atoms with E-state index >= 15 is 0 Å². The predicted molar refractivity (Wildman–Crippen MR) is 53.1 cm³/mol. The van der Waals surface area contributed by atoms with Crippen molar-refractivity contribution in [2.75, 3.05) is 7.11 Å². The lowest BCUT2D eigenvalue weighted by atomic mass is 10.2. The second-order valence-corrected chi connectivity index (χ2v) is 3.85. The summed E-state index contributed by atoms with van der Waals surface area (Å²) in [5.41, 5.74) is 0.513. The van der Waals surface area contributed by atoms with Crippen LogP contribution in [0.3, 0.4) is 0 Å². The molecule has 0 radical (unpaired) electrons. The number of rotatable bonds is 1. The summed E-state index contributed by atoms with van der Waals surface area (Å²) >= 11 is 6.57. The Morgan fingerprint density at radius 3 is 2.58 bits per heavy atom. The summed E-state index contributed by atoms with van der Waals surface area (Å²) in [5.74, 6) is 0.570. The largest absolute Gasteiger partial charge is 0.494 e. The van der Waals surface area contributed by atoms with Crippen molar-refractivity contribution in [3.63, 3.8) is 0 Å². The maximum absolute atomic E-state index is 8.73. The Morgan fingerprint density at radius 1 is 1.42 bits per heavy atom. The Morgan fingerprint density at radius 2 is 2.08 bits per heavy atom.